The molecule has 0 saturated carbocycles. The van der Waals surface area contributed by atoms with E-state index in [2.05, 4.69) is 10.2 Å². The van der Waals surface area contributed by atoms with E-state index >= 15 is 0 Å². The van der Waals surface area contributed by atoms with Crippen LogP contribution >= 0.6 is 11.8 Å². The van der Waals surface area contributed by atoms with Gasteiger partial charge in [-0.2, -0.15) is 13.2 Å². The highest BCUT2D eigenvalue weighted by Gasteiger charge is 2.25. The molecule has 0 unspecified atom stereocenters. The molecular weight excluding hydrogens is 271 g/mol. The highest BCUT2D eigenvalue weighted by atomic mass is 32.2. The maximum Gasteiger partial charge on any atom is 0.389 e. The van der Waals surface area contributed by atoms with Crippen molar-refractivity contribution in [1.29, 1.82) is 0 Å². The minimum atomic E-state index is -4.13. The Labute approximate surface area is 105 Å². The molecule has 0 fully saturated rings. The first-order valence-electron chi connectivity index (χ1n) is 5.17. The van der Waals surface area contributed by atoms with Crippen molar-refractivity contribution in [2.75, 3.05) is 5.75 Å². The largest absolute Gasteiger partial charge is 0.481 e. The topological polar surface area (TPSA) is 68.0 Å². The molecule has 0 bridgehead atoms. The Morgan fingerprint density at radius 3 is 2.78 bits per heavy atom. The molecule has 1 aromatic heterocycles. The quantitative estimate of drug-likeness (QED) is 0.613. The van der Waals surface area contributed by atoms with Crippen LogP contribution in [0.3, 0.4) is 0 Å². The molecule has 0 aliphatic rings. The van der Waals surface area contributed by atoms with Crippen LogP contribution in [-0.4, -0.2) is 37.8 Å². The Morgan fingerprint density at radius 2 is 2.17 bits per heavy atom. The van der Waals surface area contributed by atoms with E-state index in [0.717, 1.165) is 11.8 Å². The average molecular weight is 283 g/mol. The summed E-state index contributed by atoms with van der Waals surface area (Å²) in [6.45, 7) is 0.352. The number of aromatic nitrogens is 3. The van der Waals surface area contributed by atoms with Gasteiger partial charge >= 0.3 is 12.1 Å². The first kappa shape index (κ1) is 14.8. The predicted octanol–water partition coefficient (Wildman–Crippen LogP) is 2.19. The highest BCUT2D eigenvalue weighted by Crippen LogP contribution is 2.22. The number of carboxylic acids is 1. The minimum Gasteiger partial charge on any atom is -0.481 e. The van der Waals surface area contributed by atoms with Crippen molar-refractivity contribution in [3.8, 4) is 0 Å². The van der Waals surface area contributed by atoms with Crippen molar-refractivity contribution in [1.82, 2.24) is 14.8 Å². The van der Waals surface area contributed by atoms with Gasteiger partial charge < -0.3 is 9.67 Å². The van der Waals surface area contributed by atoms with E-state index < -0.39 is 18.6 Å². The molecule has 1 N–H and O–H groups in total. The molecule has 0 aliphatic carbocycles. The zero-order valence-electron chi connectivity index (χ0n) is 9.35. The van der Waals surface area contributed by atoms with Crippen LogP contribution in [0.1, 0.15) is 19.3 Å². The number of aliphatic carboxylic acids is 1. The fourth-order valence-electron chi connectivity index (χ4n) is 1.24. The van der Waals surface area contributed by atoms with E-state index in [9.17, 15) is 18.0 Å². The Morgan fingerprint density at radius 1 is 1.44 bits per heavy atom. The van der Waals surface area contributed by atoms with Crippen LogP contribution in [0.5, 0.6) is 0 Å². The van der Waals surface area contributed by atoms with Crippen molar-refractivity contribution in [2.24, 2.45) is 0 Å². The third kappa shape index (κ3) is 5.89. The van der Waals surface area contributed by atoms with Gasteiger partial charge in [0.05, 0.1) is 5.75 Å². The average Bonchev–Trinajstić information content (AvgIpc) is 2.67. The standard InChI is InChI=1S/C9H12F3N3O2S/c10-9(11,12)3-1-2-4-15-6-13-14-8(15)18-5-7(16)17/h6H,1-5H2,(H,16,17). The van der Waals surface area contributed by atoms with Gasteiger partial charge in [-0.15, -0.1) is 10.2 Å². The number of alkyl halides is 3. The second-order valence-electron chi connectivity index (χ2n) is 3.56. The normalized spacial score (nSPS) is 11.7. The Balaban J connectivity index is 2.34. The van der Waals surface area contributed by atoms with Crippen molar-refractivity contribution in [2.45, 2.75) is 37.1 Å². The lowest BCUT2D eigenvalue weighted by atomic mass is 10.2. The lowest BCUT2D eigenvalue weighted by molar-refractivity contribution is -0.136. The summed E-state index contributed by atoms with van der Waals surface area (Å²) in [5, 5.41) is 16.2. The molecule has 0 atom stereocenters. The molecule has 1 aromatic rings. The molecule has 0 radical (unpaired) electrons. The van der Waals surface area contributed by atoms with Crippen molar-refractivity contribution in [3.63, 3.8) is 0 Å². The number of carboxylic acid groups (broad SMARTS) is 1. The molecule has 5 nitrogen and oxygen atoms in total. The third-order valence-corrected chi connectivity index (χ3v) is 2.98. The number of aryl methyl sites for hydroxylation is 1. The van der Waals surface area contributed by atoms with Crippen LogP contribution < -0.4 is 0 Å². The lowest BCUT2D eigenvalue weighted by Crippen LogP contribution is -2.08. The van der Waals surface area contributed by atoms with Crippen LogP contribution in [0.25, 0.3) is 0 Å². The smallest absolute Gasteiger partial charge is 0.389 e. The van der Waals surface area contributed by atoms with E-state index in [-0.39, 0.29) is 12.2 Å². The van der Waals surface area contributed by atoms with Gasteiger partial charge in [0.2, 0.25) is 0 Å². The van der Waals surface area contributed by atoms with E-state index in [0.29, 0.717) is 18.1 Å². The van der Waals surface area contributed by atoms with E-state index in [1.807, 2.05) is 0 Å². The monoisotopic (exact) mass is 283 g/mol. The number of thioether (sulfide) groups is 1. The fourth-order valence-corrected chi connectivity index (χ4v) is 1.91. The van der Waals surface area contributed by atoms with E-state index in [1.165, 1.54) is 6.33 Å². The van der Waals surface area contributed by atoms with Crippen LogP contribution in [0.15, 0.2) is 11.5 Å². The Kier molecular flexibility index (Phi) is 5.45. The SMILES string of the molecule is O=C(O)CSc1nncn1CCCCC(F)(F)F. The number of rotatable bonds is 7. The maximum atomic E-state index is 11.9. The molecule has 1 rings (SSSR count). The van der Waals surface area contributed by atoms with Gasteiger partial charge in [0.15, 0.2) is 5.16 Å². The first-order valence-corrected chi connectivity index (χ1v) is 6.16. The summed E-state index contributed by atoms with van der Waals surface area (Å²) in [6, 6.07) is 0. The number of nitrogens with zero attached hydrogens (tertiary/aromatic N) is 3. The Bertz CT molecular complexity index is 395. The van der Waals surface area contributed by atoms with Crippen LogP contribution in [0.2, 0.25) is 0 Å². The predicted molar refractivity (Wildman–Crippen MR) is 58.3 cm³/mol. The maximum absolute atomic E-state index is 11.9. The first-order chi connectivity index (χ1) is 8.38. The molecular formula is C9H12F3N3O2S. The van der Waals surface area contributed by atoms with Gasteiger partial charge in [-0.05, 0) is 12.8 Å². The van der Waals surface area contributed by atoms with Gasteiger partial charge in [0.25, 0.3) is 0 Å². The van der Waals surface area contributed by atoms with Crippen molar-refractivity contribution in [3.05, 3.63) is 6.33 Å². The lowest BCUT2D eigenvalue weighted by Gasteiger charge is -2.07. The minimum absolute atomic E-state index is 0.0325. The molecule has 0 aliphatic heterocycles. The second-order valence-corrected chi connectivity index (χ2v) is 4.50. The second kappa shape index (κ2) is 6.62. The van der Waals surface area contributed by atoms with Crippen molar-refractivity contribution < 1.29 is 23.1 Å². The molecule has 102 valence electrons. The molecule has 0 aromatic carbocycles. The summed E-state index contributed by atoms with van der Waals surface area (Å²) in [4.78, 5) is 10.4. The molecule has 1 heterocycles. The molecule has 0 saturated heterocycles. The summed E-state index contributed by atoms with van der Waals surface area (Å²) >= 11 is 0.993. The van der Waals surface area contributed by atoms with Crippen molar-refractivity contribution >= 4 is 17.7 Å². The fraction of sp³-hybridized carbons (Fsp3) is 0.667. The summed E-state index contributed by atoms with van der Waals surface area (Å²) in [7, 11) is 0. The van der Waals surface area contributed by atoms with Gasteiger partial charge in [-0.3, -0.25) is 4.79 Å². The molecule has 0 amide bonds. The van der Waals surface area contributed by atoms with E-state index in [4.69, 9.17) is 5.11 Å². The summed E-state index contributed by atoms with van der Waals surface area (Å²) < 4.78 is 37.3. The number of hydrogen-bond acceptors (Lipinski definition) is 4. The van der Waals surface area contributed by atoms with Gasteiger partial charge in [-0.25, -0.2) is 0 Å². The molecule has 18 heavy (non-hydrogen) atoms. The molecule has 0 spiro atoms. The molecule has 9 heteroatoms. The Hall–Kier alpha value is -1.25. The number of halogens is 3. The number of carbonyl (C=O) groups is 1. The van der Waals surface area contributed by atoms with Crippen LogP contribution in [-0.2, 0) is 11.3 Å². The zero-order chi connectivity index (χ0) is 13.6. The highest BCUT2D eigenvalue weighted by molar-refractivity contribution is 7.99. The van der Waals surface area contributed by atoms with Gasteiger partial charge in [0.1, 0.15) is 6.33 Å². The summed E-state index contributed by atoms with van der Waals surface area (Å²) in [5.41, 5.74) is 0. The van der Waals surface area contributed by atoms with Crippen LogP contribution in [0.4, 0.5) is 13.2 Å². The zero-order valence-corrected chi connectivity index (χ0v) is 10.2. The van der Waals surface area contributed by atoms with Gasteiger partial charge in [0, 0.05) is 13.0 Å². The van der Waals surface area contributed by atoms with Gasteiger partial charge in [-0.1, -0.05) is 11.8 Å². The van der Waals surface area contributed by atoms with E-state index in [1.54, 1.807) is 4.57 Å². The third-order valence-electron chi connectivity index (χ3n) is 2.01. The summed E-state index contributed by atoms with van der Waals surface area (Å²) in [5.74, 6) is -1.13. The summed E-state index contributed by atoms with van der Waals surface area (Å²) in [6.07, 6.45) is -3.18. The number of hydrogen-bond donors (Lipinski definition) is 1. The number of unbranched alkanes of at least 4 members (excludes halogenated alkanes) is 1. The van der Waals surface area contributed by atoms with Crippen LogP contribution in [0, 0.1) is 0 Å².